The minimum atomic E-state index is -0.749. The van der Waals surface area contributed by atoms with E-state index in [1.165, 1.54) is 0 Å². The number of likely N-dealkylation sites (tertiary alicyclic amines) is 1. The molecule has 1 N–H and O–H groups in total. The maximum atomic E-state index is 14.8. The highest BCUT2D eigenvalue weighted by Crippen LogP contribution is 2.67. The number of fused-ring (bicyclic) bond motifs is 1. The maximum absolute atomic E-state index is 14.8. The lowest BCUT2D eigenvalue weighted by Crippen LogP contribution is -2.59. The summed E-state index contributed by atoms with van der Waals surface area (Å²) >= 11 is 1.68. The third-order valence-corrected chi connectivity index (χ3v) is 12.4. The number of morpholine rings is 1. The van der Waals surface area contributed by atoms with Crippen molar-refractivity contribution in [2.75, 3.05) is 59.1 Å². The fourth-order valence-corrected chi connectivity index (χ4v) is 10.1. The van der Waals surface area contributed by atoms with Crippen molar-refractivity contribution in [3.05, 3.63) is 61.2 Å². The second kappa shape index (κ2) is 14.8. The lowest BCUT2D eigenvalue weighted by molar-refractivity contribution is -0.148. The SMILES string of the molecule is C=CCN(CCN1CCOCC1)C(=O)C1N([C@@H](CO)[C@@H](C)CC)C(=O)[C@@H]2[C@@H](C(=O)N(CC=C)Cc3ccccc3)[C@H]3CCC12S3. The smallest absolute Gasteiger partial charge is 0.247 e. The van der Waals surface area contributed by atoms with Crippen molar-refractivity contribution in [2.45, 2.75) is 61.7 Å². The van der Waals surface area contributed by atoms with Crippen LogP contribution in [0.3, 0.4) is 0 Å². The van der Waals surface area contributed by atoms with E-state index < -0.39 is 28.7 Å². The Kier molecular flexibility index (Phi) is 11.1. The highest BCUT2D eigenvalue weighted by Gasteiger charge is 2.74. The maximum Gasteiger partial charge on any atom is 0.247 e. The third-order valence-electron chi connectivity index (χ3n) is 10.4. The predicted molar refractivity (Wildman–Crippen MR) is 177 cm³/mol. The van der Waals surface area contributed by atoms with Crippen LogP contribution in [0, 0.1) is 17.8 Å². The number of carbonyl (C=O) groups excluding carboxylic acids is 3. The molecule has 2 bridgehead atoms. The van der Waals surface area contributed by atoms with Gasteiger partial charge < -0.3 is 24.5 Å². The molecule has 5 rings (SSSR count). The van der Waals surface area contributed by atoms with Crippen LogP contribution in [0.25, 0.3) is 0 Å². The third kappa shape index (κ3) is 6.48. The minimum Gasteiger partial charge on any atom is -0.394 e. The molecule has 0 radical (unpaired) electrons. The Morgan fingerprint density at radius 3 is 2.47 bits per heavy atom. The molecule has 9 nitrogen and oxygen atoms in total. The molecule has 0 saturated carbocycles. The molecule has 10 heteroatoms. The quantitative estimate of drug-likeness (QED) is 0.295. The molecule has 4 aliphatic rings. The van der Waals surface area contributed by atoms with E-state index >= 15 is 0 Å². The van der Waals surface area contributed by atoms with Gasteiger partial charge in [-0.3, -0.25) is 19.3 Å². The first-order chi connectivity index (χ1) is 21.8. The van der Waals surface area contributed by atoms with Crippen molar-refractivity contribution in [1.29, 1.82) is 0 Å². The van der Waals surface area contributed by atoms with Gasteiger partial charge in [-0.15, -0.1) is 24.9 Å². The fourth-order valence-electron chi connectivity index (χ4n) is 7.93. The summed E-state index contributed by atoms with van der Waals surface area (Å²) in [5, 5.41) is 10.7. The number of hydrogen-bond acceptors (Lipinski definition) is 7. The number of carbonyl (C=O) groups is 3. The molecule has 45 heavy (non-hydrogen) atoms. The summed E-state index contributed by atoms with van der Waals surface area (Å²) in [6.45, 7) is 17.1. The van der Waals surface area contributed by atoms with Crippen molar-refractivity contribution in [3.63, 3.8) is 0 Å². The molecule has 1 spiro atoms. The van der Waals surface area contributed by atoms with Gasteiger partial charge in [0.15, 0.2) is 0 Å². The highest BCUT2D eigenvalue weighted by atomic mass is 32.2. The zero-order chi connectivity index (χ0) is 32.1. The van der Waals surface area contributed by atoms with Crippen LogP contribution < -0.4 is 0 Å². The van der Waals surface area contributed by atoms with Crippen LogP contribution in [-0.4, -0.2) is 124 Å². The monoisotopic (exact) mass is 638 g/mol. The van der Waals surface area contributed by atoms with Gasteiger partial charge in [0, 0.05) is 51.1 Å². The zero-order valence-corrected chi connectivity index (χ0v) is 27.7. The number of benzene rings is 1. The van der Waals surface area contributed by atoms with Crippen LogP contribution in [0.5, 0.6) is 0 Å². The van der Waals surface area contributed by atoms with Crippen molar-refractivity contribution < 1.29 is 24.2 Å². The van der Waals surface area contributed by atoms with Crippen molar-refractivity contribution >= 4 is 29.5 Å². The molecular formula is C35H50N4O5S. The lowest BCUT2D eigenvalue weighted by atomic mass is 9.70. The molecule has 246 valence electrons. The van der Waals surface area contributed by atoms with Gasteiger partial charge in [0.2, 0.25) is 17.7 Å². The molecule has 3 amide bonds. The van der Waals surface area contributed by atoms with Crippen molar-refractivity contribution in [3.8, 4) is 0 Å². The van der Waals surface area contributed by atoms with Gasteiger partial charge in [-0.2, -0.15) is 0 Å². The number of nitrogens with zero attached hydrogens (tertiary/aromatic N) is 4. The van der Waals surface area contributed by atoms with E-state index in [0.717, 1.165) is 31.5 Å². The molecule has 7 atom stereocenters. The fraction of sp³-hybridized carbons (Fsp3) is 0.629. The molecule has 4 saturated heterocycles. The number of ether oxygens (including phenoxy) is 1. The standard InChI is InChI=1S/C35H50N4O5S/c1-5-15-37(18-17-36-19-21-44-22-20-36)34(43)31-35-14-13-28(45-35)29(30(35)33(42)39(31)27(24-40)25(4)7-3)32(41)38(16-6-2)23-26-11-9-8-10-12-26/h5-6,8-12,25,27-31,40H,1-2,7,13-24H2,3-4H3/t25-,27-,28+,29-,30-,31?,35?/m0/s1. The van der Waals surface area contributed by atoms with Crippen LogP contribution in [0.4, 0.5) is 0 Å². The summed E-state index contributed by atoms with van der Waals surface area (Å²) in [5.74, 6) is -1.48. The van der Waals surface area contributed by atoms with E-state index in [9.17, 15) is 19.5 Å². The molecule has 4 fully saturated rings. The summed E-state index contributed by atoms with van der Waals surface area (Å²) in [5.41, 5.74) is 1.02. The Labute approximate surface area is 272 Å². The molecule has 0 aliphatic carbocycles. The van der Waals surface area contributed by atoms with Crippen LogP contribution in [-0.2, 0) is 25.7 Å². The van der Waals surface area contributed by atoms with Gasteiger partial charge in [0.25, 0.3) is 0 Å². The summed E-state index contributed by atoms with van der Waals surface area (Å²) in [7, 11) is 0. The Morgan fingerprint density at radius 2 is 1.82 bits per heavy atom. The Morgan fingerprint density at radius 1 is 1.13 bits per heavy atom. The van der Waals surface area contributed by atoms with Gasteiger partial charge in [0.1, 0.15) is 6.04 Å². The largest absolute Gasteiger partial charge is 0.394 e. The summed E-state index contributed by atoms with van der Waals surface area (Å²) < 4.78 is 4.79. The Bertz CT molecular complexity index is 1230. The van der Waals surface area contributed by atoms with E-state index in [4.69, 9.17) is 4.74 Å². The minimum absolute atomic E-state index is 0.0163. The van der Waals surface area contributed by atoms with Gasteiger partial charge in [0.05, 0.1) is 42.4 Å². The molecule has 1 aromatic rings. The average Bonchev–Trinajstić information content (AvgIpc) is 3.71. The van der Waals surface area contributed by atoms with Gasteiger partial charge >= 0.3 is 0 Å². The first-order valence-corrected chi connectivity index (χ1v) is 17.4. The molecular weight excluding hydrogens is 588 g/mol. The normalized spacial score (nSPS) is 28.9. The van der Waals surface area contributed by atoms with E-state index in [2.05, 4.69) is 18.1 Å². The van der Waals surface area contributed by atoms with Crippen molar-refractivity contribution in [1.82, 2.24) is 19.6 Å². The van der Waals surface area contributed by atoms with E-state index in [0.29, 0.717) is 52.4 Å². The van der Waals surface area contributed by atoms with E-state index in [-0.39, 0.29) is 35.5 Å². The zero-order valence-electron chi connectivity index (χ0n) is 26.9. The van der Waals surface area contributed by atoms with Gasteiger partial charge in [-0.25, -0.2) is 0 Å². The summed E-state index contributed by atoms with van der Waals surface area (Å²) in [4.78, 5) is 51.7. The molecule has 0 aromatic heterocycles. The van der Waals surface area contributed by atoms with Gasteiger partial charge in [-0.1, -0.05) is 62.8 Å². The predicted octanol–water partition coefficient (Wildman–Crippen LogP) is 3.05. The van der Waals surface area contributed by atoms with Crippen LogP contribution >= 0.6 is 11.8 Å². The first kappa shape index (κ1) is 33.7. The number of aliphatic hydroxyl groups is 1. The van der Waals surface area contributed by atoms with Gasteiger partial charge in [-0.05, 0) is 24.3 Å². The molecule has 4 aliphatic heterocycles. The topological polar surface area (TPSA) is 93.6 Å². The van der Waals surface area contributed by atoms with Crippen LogP contribution in [0.2, 0.25) is 0 Å². The highest BCUT2D eigenvalue weighted by molar-refractivity contribution is 8.02. The molecule has 1 aromatic carbocycles. The van der Waals surface area contributed by atoms with E-state index in [1.807, 2.05) is 49.1 Å². The number of rotatable bonds is 15. The first-order valence-electron chi connectivity index (χ1n) is 16.5. The van der Waals surface area contributed by atoms with Crippen LogP contribution in [0.15, 0.2) is 55.6 Å². The van der Waals surface area contributed by atoms with Crippen LogP contribution in [0.1, 0.15) is 38.7 Å². The number of thioether (sulfide) groups is 1. The summed E-state index contributed by atoms with van der Waals surface area (Å²) in [6.07, 6.45) is 5.70. The lowest BCUT2D eigenvalue weighted by Gasteiger charge is -2.41. The second-order valence-electron chi connectivity index (χ2n) is 13.0. The molecule has 4 heterocycles. The Balaban J connectivity index is 1.49. The number of amides is 3. The number of aliphatic hydroxyl groups excluding tert-OH is 1. The Hall–Kier alpha value is -2.66. The van der Waals surface area contributed by atoms with Crippen molar-refractivity contribution in [2.24, 2.45) is 17.8 Å². The van der Waals surface area contributed by atoms with E-state index in [1.54, 1.807) is 33.7 Å². The second-order valence-corrected chi connectivity index (χ2v) is 14.6. The summed E-state index contributed by atoms with van der Waals surface area (Å²) in [6, 6.07) is 8.61. The molecule has 2 unspecified atom stereocenters. The number of hydrogen-bond donors (Lipinski definition) is 1. The average molecular weight is 639 g/mol.